The average molecular weight is 261 g/mol. The Hall–Kier alpha value is -0.900. The molecule has 96 valence electrons. The first-order valence-corrected chi connectivity index (χ1v) is 7.53. The molecule has 3 rings (SSSR count). The minimum Gasteiger partial charge on any atom is -0.379 e. The molecule has 0 fully saturated rings. The lowest BCUT2D eigenvalue weighted by molar-refractivity contribution is 0.122. The van der Waals surface area contributed by atoms with Crippen molar-refractivity contribution < 1.29 is 4.74 Å². The molecule has 18 heavy (non-hydrogen) atoms. The van der Waals surface area contributed by atoms with Gasteiger partial charge in [0.05, 0.1) is 19.3 Å². The smallest absolute Gasteiger partial charge is 0.0669 e. The van der Waals surface area contributed by atoms with Gasteiger partial charge >= 0.3 is 0 Å². The summed E-state index contributed by atoms with van der Waals surface area (Å²) in [7, 11) is 0. The molecule has 0 spiro atoms. The summed E-state index contributed by atoms with van der Waals surface area (Å²) in [4.78, 5) is 1.49. The third-order valence-corrected chi connectivity index (χ3v) is 4.79. The summed E-state index contributed by atoms with van der Waals surface area (Å²) in [6.45, 7) is 4.91. The van der Waals surface area contributed by atoms with E-state index in [0.717, 1.165) is 32.6 Å². The molecule has 1 aliphatic heterocycles. The highest BCUT2D eigenvalue weighted by Gasteiger charge is 2.22. The van der Waals surface area contributed by atoms with Gasteiger partial charge in [-0.05, 0) is 36.4 Å². The molecule has 2 nitrogen and oxygen atoms in total. The molecule has 2 aromatic rings. The van der Waals surface area contributed by atoms with Gasteiger partial charge in [0.15, 0.2) is 0 Å². The normalized spacial score (nSPS) is 19.7. The Kier molecular flexibility index (Phi) is 3.64. The highest BCUT2D eigenvalue weighted by Crippen LogP contribution is 2.37. The summed E-state index contributed by atoms with van der Waals surface area (Å²) in [5.74, 6) is 0. The minimum absolute atomic E-state index is 0.375. The van der Waals surface area contributed by atoms with E-state index in [9.17, 15) is 0 Å². The first-order chi connectivity index (χ1) is 8.90. The van der Waals surface area contributed by atoms with Crippen molar-refractivity contribution in [2.45, 2.75) is 25.8 Å². The van der Waals surface area contributed by atoms with E-state index in [0.29, 0.717) is 6.04 Å². The number of hydrogen-bond acceptors (Lipinski definition) is 3. The SMILES string of the molecule is CCCNC1COCCc2c1sc1ccccc21. The average Bonchev–Trinajstić information content (AvgIpc) is 2.65. The van der Waals surface area contributed by atoms with Crippen LogP contribution in [0.15, 0.2) is 24.3 Å². The summed E-state index contributed by atoms with van der Waals surface area (Å²) in [6.07, 6.45) is 2.21. The highest BCUT2D eigenvalue weighted by molar-refractivity contribution is 7.19. The predicted molar refractivity (Wildman–Crippen MR) is 77.4 cm³/mol. The zero-order valence-electron chi connectivity index (χ0n) is 10.7. The van der Waals surface area contributed by atoms with Gasteiger partial charge in [-0.3, -0.25) is 0 Å². The van der Waals surface area contributed by atoms with E-state index in [1.165, 1.54) is 20.5 Å². The van der Waals surface area contributed by atoms with Crippen LogP contribution in [0.4, 0.5) is 0 Å². The summed E-state index contributed by atoms with van der Waals surface area (Å²) in [5.41, 5.74) is 1.50. The second-order valence-corrected chi connectivity index (χ2v) is 5.86. The molecule has 0 saturated carbocycles. The fraction of sp³-hybridized carbons (Fsp3) is 0.467. The van der Waals surface area contributed by atoms with Gasteiger partial charge in [0.1, 0.15) is 0 Å². The Morgan fingerprint density at radius 1 is 1.39 bits per heavy atom. The van der Waals surface area contributed by atoms with Crippen LogP contribution in [0, 0.1) is 0 Å². The molecule has 3 heteroatoms. The quantitative estimate of drug-likeness (QED) is 0.913. The summed E-state index contributed by atoms with van der Waals surface area (Å²) in [5, 5.41) is 5.04. The van der Waals surface area contributed by atoms with Crippen molar-refractivity contribution in [3.63, 3.8) is 0 Å². The predicted octanol–water partition coefficient (Wildman–Crippen LogP) is 3.51. The largest absolute Gasteiger partial charge is 0.379 e. The van der Waals surface area contributed by atoms with Crippen molar-refractivity contribution in [2.75, 3.05) is 19.8 Å². The van der Waals surface area contributed by atoms with Gasteiger partial charge < -0.3 is 10.1 Å². The lowest BCUT2D eigenvalue weighted by atomic mass is 10.1. The van der Waals surface area contributed by atoms with Gasteiger partial charge in [0, 0.05) is 9.58 Å². The molecule has 1 aliphatic rings. The van der Waals surface area contributed by atoms with Crippen LogP contribution in [0.3, 0.4) is 0 Å². The van der Waals surface area contributed by atoms with Gasteiger partial charge in [-0.15, -0.1) is 11.3 Å². The monoisotopic (exact) mass is 261 g/mol. The molecule has 0 amide bonds. The second-order valence-electron chi connectivity index (χ2n) is 4.77. The van der Waals surface area contributed by atoms with Crippen molar-refractivity contribution in [3.8, 4) is 0 Å². The fourth-order valence-electron chi connectivity index (χ4n) is 2.58. The van der Waals surface area contributed by atoms with Crippen molar-refractivity contribution in [3.05, 3.63) is 34.7 Å². The fourth-order valence-corrected chi connectivity index (χ4v) is 3.89. The number of thiophene rings is 1. The molecule has 0 saturated heterocycles. The molecule has 1 aromatic heterocycles. The summed E-state index contributed by atoms with van der Waals surface area (Å²) < 4.78 is 7.15. The zero-order valence-corrected chi connectivity index (χ0v) is 11.6. The van der Waals surface area contributed by atoms with E-state index >= 15 is 0 Å². The van der Waals surface area contributed by atoms with Crippen LogP contribution < -0.4 is 5.32 Å². The molecule has 1 unspecified atom stereocenters. The van der Waals surface area contributed by atoms with Gasteiger partial charge in [-0.2, -0.15) is 0 Å². The van der Waals surface area contributed by atoms with E-state index in [-0.39, 0.29) is 0 Å². The molecule has 1 N–H and O–H groups in total. The van der Waals surface area contributed by atoms with Crippen LogP contribution in [0.1, 0.15) is 29.8 Å². The number of benzene rings is 1. The third-order valence-electron chi connectivity index (χ3n) is 3.47. The number of nitrogens with one attached hydrogen (secondary N) is 1. The van der Waals surface area contributed by atoms with Crippen LogP contribution in [-0.2, 0) is 11.2 Å². The van der Waals surface area contributed by atoms with E-state index in [2.05, 4.69) is 36.5 Å². The molecular weight excluding hydrogens is 242 g/mol. The molecule has 0 radical (unpaired) electrons. The van der Waals surface area contributed by atoms with Gasteiger partial charge in [0.25, 0.3) is 0 Å². The van der Waals surface area contributed by atoms with Crippen LogP contribution in [0.2, 0.25) is 0 Å². The minimum atomic E-state index is 0.375. The third kappa shape index (κ3) is 2.18. The van der Waals surface area contributed by atoms with Crippen molar-refractivity contribution in [1.29, 1.82) is 0 Å². The van der Waals surface area contributed by atoms with Gasteiger partial charge in [0.2, 0.25) is 0 Å². The number of rotatable bonds is 3. The van der Waals surface area contributed by atoms with E-state index in [1.807, 2.05) is 11.3 Å². The maximum absolute atomic E-state index is 5.74. The van der Waals surface area contributed by atoms with E-state index in [4.69, 9.17) is 4.74 Å². The topological polar surface area (TPSA) is 21.3 Å². The first-order valence-electron chi connectivity index (χ1n) is 6.71. The van der Waals surface area contributed by atoms with Crippen LogP contribution in [0.25, 0.3) is 10.1 Å². The first kappa shape index (κ1) is 12.2. The standard InChI is InChI=1S/C15H19NOS/c1-2-8-16-13-10-17-9-7-12-11-5-3-4-6-14(11)18-15(12)13/h3-6,13,16H,2,7-10H2,1H3. The second kappa shape index (κ2) is 5.39. The molecule has 0 aliphatic carbocycles. The Bertz CT molecular complexity index is 534. The van der Waals surface area contributed by atoms with Crippen molar-refractivity contribution in [2.24, 2.45) is 0 Å². The van der Waals surface area contributed by atoms with Crippen molar-refractivity contribution in [1.82, 2.24) is 5.32 Å². The van der Waals surface area contributed by atoms with Crippen LogP contribution >= 0.6 is 11.3 Å². The van der Waals surface area contributed by atoms with Crippen molar-refractivity contribution >= 4 is 21.4 Å². The number of fused-ring (bicyclic) bond motifs is 3. The Labute approximate surface area is 112 Å². The zero-order chi connectivity index (χ0) is 12.4. The Morgan fingerprint density at radius 2 is 2.28 bits per heavy atom. The highest BCUT2D eigenvalue weighted by atomic mass is 32.1. The maximum Gasteiger partial charge on any atom is 0.0669 e. The lowest BCUT2D eigenvalue weighted by Crippen LogP contribution is -2.25. The van der Waals surface area contributed by atoms with Crippen LogP contribution in [-0.4, -0.2) is 19.8 Å². The molecule has 1 atom stereocenters. The molecule has 0 bridgehead atoms. The summed E-state index contributed by atoms with van der Waals surface area (Å²) in [6, 6.07) is 9.11. The van der Waals surface area contributed by atoms with Gasteiger partial charge in [-0.25, -0.2) is 0 Å². The summed E-state index contributed by atoms with van der Waals surface area (Å²) >= 11 is 1.93. The lowest BCUT2D eigenvalue weighted by Gasteiger charge is -2.15. The van der Waals surface area contributed by atoms with Crippen LogP contribution in [0.5, 0.6) is 0 Å². The van der Waals surface area contributed by atoms with E-state index in [1.54, 1.807) is 0 Å². The number of hydrogen-bond donors (Lipinski definition) is 1. The van der Waals surface area contributed by atoms with E-state index < -0.39 is 0 Å². The Balaban J connectivity index is 2.03. The Morgan fingerprint density at radius 3 is 3.17 bits per heavy atom. The molecule has 2 heterocycles. The number of ether oxygens (including phenoxy) is 1. The molecule has 1 aromatic carbocycles. The maximum atomic E-state index is 5.74. The van der Waals surface area contributed by atoms with Gasteiger partial charge in [-0.1, -0.05) is 25.1 Å². The molecular formula is C15H19NOS.